The fraction of sp³-hybridized carbons (Fsp3) is 0.545. The number of hydrogen-bond acceptors (Lipinski definition) is 3. The highest BCUT2D eigenvalue weighted by Gasteiger charge is 2.17. The first-order chi connectivity index (χ1) is 13.7. The number of hydrogen-bond donors (Lipinski definition) is 2. The SMILES string of the molecule is CCN1CCC(CCNC(=NC)NC(C)c2cccc(-n3cccn3)c2)CC1.I. The predicted octanol–water partition coefficient (Wildman–Crippen LogP) is 3.84. The van der Waals surface area contributed by atoms with Crippen molar-refractivity contribution in [2.24, 2.45) is 10.9 Å². The first-order valence-corrected chi connectivity index (χ1v) is 10.5. The fourth-order valence-electron chi connectivity index (χ4n) is 3.83. The van der Waals surface area contributed by atoms with E-state index < -0.39 is 0 Å². The third kappa shape index (κ3) is 6.99. The number of rotatable bonds is 7. The summed E-state index contributed by atoms with van der Waals surface area (Å²) in [5.41, 5.74) is 2.28. The Labute approximate surface area is 192 Å². The first-order valence-electron chi connectivity index (χ1n) is 10.5. The maximum Gasteiger partial charge on any atom is 0.191 e. The van der Waals surface area contributed by atoms with E-state index >= 15 is 0 Å². The second-order valence-electron chi connectivity index (χ2n) is 7.58. The number of piperidine rings is 1. The Morgan fingerprint density at radius 3 is 2.72 bits per heavy atom. The van der Waals surface area contributed by atoms with Crippen molar-refractivity contribution in [1.29, 1.82) is 0 Å². The average molecular weight is 510 g/mol. The number of halogens is 1. The van der Waals surface area contributed by atoms with Gasteiger partial charge in [-0.2, -0.15) is 5.10 Å². The van der Waals surface area contributed by atoms with Gasteiger partial charge in [0.05, 0.1) is 11.7 Å². The van der Waals surface area contributed by atoms with Gasteiger partial charge in [-0.05, 0) is 75.5 Å². The lowest BCUT2D eigenvalue weighted by molar-refractivity contribution is 0.187. The van der Waals surface area contributed by atoms with Crippen LogP contribution in [0.25, 0.3) is 5.69 Å². The second-order valence-corrected chi connectivity index (χ2v) is 7.58. The van der Waals surface area contributed by atoms with Gasteiger partial charge in [-0.3, -0.25) is 4.99 Å². The van der Waals surface area contributed by atoms with E-state index in [9.17, 15) is 0 Å². The molecule has 7 heteroatoms. The van der Waals surface area contributed by atoms with Crippen molar-refractivity contribution in [3.8, 4) is 5.69 Å². The molecule has 0 amide bonds. The quantitative estimate of drug-likeness (QED) is 0.338. The van der Waals surface area contributed by atoms with Gasteiger partial charge in [0.25, 0.3) is 0 Å². The number of nitrogens with one attached hydrogen (secondary N) is 2. The summed E-state index contributed by atoms with van der Waals surface area (Å²) in [6, 6.07) is 10.5. The lowest BCUT2D eigenvalue weighted by Crippen LogP contribution is -2.40. The highest BCUT2D eigenvalue weighted by molar-refractivity contribution is 14.0. The summed E-state index contributed by atoms with van der Waals surface area (Å²) in [6.07, 6.45) is 7.60. The topological polar surface area (TPSA) is 57.5 Å². The number of aliphatic imine (C=N–C) groups is 1. The number of nitrogens with zero attached hydrogens (tertiary/aromatic N) is 4. The molecule has 2 aromatic rings. The zero-order valence-electron chi connectivity index (χ0n) is 17.8. The zero-order valence-corrected chi connectivity index (χ0v) is 20.2. The molecule has 0 bridgehead atoms. The van der Waals surface area contributed by atoms with E-state index in [-0.39, 0.29) is 30.0 Å². The van der Waals surface area contributed by atoms with E-state index in [2.05, 4.69) is 63.7 Å². The van der Waals surface area contributed by atoms with Crippen molar-refractivity contribution in [2.75, 3.05) is 33.2 Å². The molecule has 29 heavy (non-hydrogen) atoms. The van der Waals surface area contributed by atoms with Gasteiger partial charge >= 0.3 is 0 Å². The van der Waals surface area contributed by atoms with E-state index in [1.165, 1.54) is 44.5 Å². The highest BCUT2D eigenvalue weighted by Crippen LogP contribution is 2.20. The number of guanidine groups is 1. The van der Waals surface area contributed by atoms with Crippen LogP contribution in [0.15, 0.2) is 47.7 Å². The standard InChI is InChI=1S/C22H34N6.HI/c1-4-27-15-10-19(11-16-27)9-13-24-22(23-3)26-18(2)20-7-5-8-21(17-20)28-14-6-12-25-28;/h5-8,12,14,17-19H,4,9-11,13,15-16H2,1-3H3,(H2,23,24,26);1H. The summed E-state index contributed by atoms with van der Waals surface area (Å²) < 4.78 is 1.88. The van der Waals surface area contributed by atoms with Crippen molar-refractivity contribution in [2.45, 2.75) is 39.2 Å². The molecule has 6 nitrogen and oxygen atoms in total. The normalized spacial score (nSPS) is 16.9. The number of likely N-dealkylation sites (tertiary alicyclic amines) is 1. The second kappa shape index (κ2) is 12.2. The monoisotopic (exact) mass is 510 g/mol. The summed E-state index contributed by atoms with van der Waals surface area (Å²) in [7, 11) is 1.84. The summed E-state index contributed by atoms with van der Waals surface area (Å²) >= 11 is 0. The van der Waals surface area contributed by atoms with Crippen molar-refractivity contribution in [1.82, 2.24) is 25.3 Å². The summed E-state index contributed by atoms with van der Waals surface area (Å²) in [5, 5.41) is 11.3. The molecule has 3 rings (SSSR count). The van der Waals surface area contributed by atoms with Crippen LogP contribution < -0.4 is 10.6 Å². The molecule has 0 aliphatic carbocycles. The molecule has 160 valence electrons. The molecule has 0 saturated carbocycles. The van der Waals surface area contributed by atoms with Crippen LogP contribution in [-0.2, 0) is 0 Å². The minimum Gasteiger partial charge on any atom is -0.356 e. The largest absolute Gasteiger partial charge is 0.356 e. The van der Waals surface area contributed by atoms with E-state index in [0.29, 0.717) is 0 Å². The molecule has 1 aliphatic heterocycles. The highest BCUT2D eigenvalue weighted by atomic mass is 127. The van der Waals surface area contributed by atoms with Crippen LogP contribution in [0.3, 0.4) is 0 Å². The molecule has 1 fully saturated rings. The van der Waals surface area contributed by atoms with Crippen LogP contribution in [0, 0.1) is 5.92 Å². The Morgan fingerprint density at radius 1 is 1.28 bits per heavy atom. The average Bonchev–Trinajstić information content (AvgIpc) is 3.28. The minimum absolute atomic E-state index is 0. The van der Waals surface area contributed by atoms with Crippen molar-refractivity contribution >= 4 is 29.9 Å². The van der Waals surface area contributed by atoms with E-state index in [4.69, 9.17) is 0 Å². The zero-order chi connectivity index (χ0) is 19.8. The Morgan fingerprint density at radius 2 is 2.07 bits per heavy atom. The van der Waals surface area contributed by atoms with E-state index in [0.717, 1.165) is 24.1 Å². The lowest BCUT2D eigenvalue weighted by Gasteiger charge is -2.31. The van der Waals surface area contributed by atoms with Crippen molar-refractivity contribution in [3.05, 3.63) is 48.3 Å². The smallest absolute Gasteiger partial charge is 0.191 e. The summed E-state index contributed by atoms with van der Waals surface area (Å²) in [5.74, 6) is 1.69. The van der Waals surface area contributed by atoms with E-state index in [1.54, 1.807) is 6.20 Å². The van der Waals surface area contributed by atoms with E-state index in [1.807, 2.05) is 24.0 Å². The summed E-state index contributed by atoms with van der Waals surface area (Å²) in [4.78, 5) is 6.95. The Balaban J connectivity index is 0.00000300. The maximum atomic E-state index is 4.40. The molecule has 1 aromatic heterocycles. The fourth-order valence-corrected chi connectivity index (χ4v) is 3.83. The van der Waals surface area contributed by atoms with Crippen LogP contribution in [0.4, 0.5) is 0 Å². The Kier molecular flexibility index (Phi) is 9.93. The van der Waals surface area contributed by atoms with Gasteiger partial charge in [0.2, 0.25) is 0 Å². The van der Waals surface area contributed by atoms with Crippen LogP contribution >= 0.6 is 24.0 Å². The molecule has 1 saturated heterocycles. The molecule has 1 unspecified atom stereocenters. The van der Waals surface area contributed by atoms with Gasteiger partial charge in [0.1, 0.15) is 0 Å². The van der Waals surface area contributed by atoms with Gasteiger partial charge in [-0.15, -0.1) is 24.0 Å². The minimum atomic E-state index is 0. The third-order valence-corrected chi connectivity index (χ3v) is 5.72. The first kappa shape index (κ1) is 23.7. The van der Waals surface area contributed by atoms with Crippen LogP contribution in [-0.4, -0.2) is 53.9 Å². The maximum absolute atomic E-state index is 4.40. The van der Waals surface area contributed by atoms with Crippen molar-refractivity contribution < 1.29 is 0 Å². The Hall–Kier alpha value is -1.61. The molecular formula is C22H35IN6. The van der Waals surface area contributed by atoms with Crippen LogP contribution in [0.1, 0.15) is 44.7 Å². The lowest BCUT2D eigenvalue weighted by atomic mass is 9.93. The molecule has 1 aliphatic rings. The molecular weight excluding hydrogens is 475 g/mol. The van der Waals surface area contributed by atoms with Crippen LogP contribution in [0.5, 0.6) is 0 Å². The van der Waals surface area contributed by atoms with Gasteiger partial charge in [-0.1, -0.05) is 19.1 Å². The van der Waals surface area contributed by atoms with Gasteiger partial charge in [0.15, 0.2) is 5.96 Å². The molecule has 2 heterocycles. The van der Waals surface area contributed by atoms with Gasteiger partial charge in [-0.25, -0.2) is 4.68 Å². The number of benzene rings is 1. The van der Waals surface area contributed by atoms with Gasteiger partial charge < -0.3 is 15.5 Å². The Bertz CT molecular complexity index is 738. The van der Waals surface area contributed by atoms with Crippen molar-refractivity contribution in [3.63, 3.8) is 0 Å². The summed E-state index contributed by atoms with van der Waals surface area (Å²) in [6.45, 7) is 9.06. The third-order valence-electron chi connectivity index (χ3n) is 5.72. The molecule has 0 spiro atoms. The van der Waals surface area contributed by atoms with Crippen LogP contribution in [0.2, 0.25) is 0 Å². The number of aromatic nitrogens is 2. The predicted molar refractivity (Wildman–Crippen MR) is 131 cm³/mol. The molecule has 1 aromatic carbocycles. The van der Waals surface area contributed by atoms with Gasteiger partial charge in [0, 0.05) is 26.0 Å². The molecule has 0 radical (unpaired) electrons. The molecule has 2 N–H and O–H groups in total. The molecule has 1 atom stereocenters.